The normalized spacial score (nSPS) is 37.0. The zero-order valence-corrected chi connectivity index (χ0v) is 14.2. The number of ether oxygens (including phenoxy) is 1. The van der Waals surface area contributed by atoms with Gasteiger partial charge in [-0.15, -0.1) is 0 Å². The van der Waals surface area contributed by atoms with Crippen LogP contribution in [-0.2, 0) is 19.1 Å². The molecule has 2 unspecified atom stereocenters. The van der Waals surface area contributed by atoms with Gasteiger partial charge < -0.3 is 25.4 Å². The lowest BCUT2D eigenvalue weighted by atomic mass is 9.70. The fourth-order valence-electron chi connectivity index (χ4n) is 4.63. The predicted molar refractivity (Wildman–Crippen MR) is 83.8 cm³/mol. The molecular weight excluding hydrogens is 314 g/mol. The van der Waals surface area contributed by atoms with Crippen LogP contribution < -0.4 is 10.6 Å². The van der Waals surface area contributed by atoms with Gasteiger partial charge in [-0.3, -0.25) is 14.4 Å². The van der Waals surface area contributed by atoms with Crippen LogP contribution in [-0.4, -0.2) is 71.7 Å². The summed E-state index contributed by atoms with van der Waals surface area (Å²) in [6.07, 6.45) is 0.893. The van der Waals surface area contributed by atoms with Crippen LogP contribution in [0.25, 0.3) is 0 Å². The Morgan fingerprint density at radius 2 is 2.12 bits per heavy atom. The molecule has 3 N–H and O–H groups in total. The minimum Gasteiger partial charge on any atom is -0.395 e. The molecule has 3 saturated heterocycles. The van der Waals surface area contributed by atoms with E-state index in [1.807, 2.05) is 13.8 Å². The molecule has 2 bridgehead atoms. The van der Waals surface area contributed by atoms with E-state index in [1.165, 1.54) is 11.9 Å². The highest BCUT2D eigenvalue weighted by atomic mass is 16.5. The lowest BCUT2D eigenvalue weighted by Gasteiger charge is -2.33. The Labute approximate surface area is 140 Å². The van der Waals surface area contributed by atoms with Crippen molar-refractivity contribution in [2.75, 3.05) is 20.2 Å². The number of nitrogens with one attached hydrogen (secondary N) is 2. The number of carbonyl (C=O) groups is 3. The van der Waals surface area contributed by atoms with Gasteiger partial charge in [0.25, 0.3) is 0 Å². The third-order valence-electron chi connectivity index (χ3n) is 5.37. The summed E-state index contributed by atoms with van der Waals surface area (Å²) in [5.41, 5.74) is -0.965. The summed E-state index contributed by atoms with van der Waals surface area (Å²) in [5, 5.41) is 14.8. The number of likely N-dealkylation sites (tertiary alicyclic amines) is 1. The molecular formula is C16H25N3O5. The van der Waals surface area contributed by atoms with Crippen LogP contribution in [0.1, 0.15) is 26.7 Å². The van der Waals surface area contributed by atoms with Gasteiger partial charge in [0.15, 0.2) is 0 Å². The summed E-state index contributed by atoms with van der Waals surface area (Å²) in [5.74, 6) is -2.02. The second kappa shape index (κ2) is 6.00. The van der Waals surface area contributed by atoms with Gasteiger partial charge in [-0.25, -0.2) is 0 Å². The number of carbonyl (C=O) groups excluding carboxylic acids is 3. The number of rotatable bonds is 5. The van der Waals surface area contributed by atoms with Crippen molar-refractivity contribution >= 4 is 17.7 Å². The maximum atomic E-state index is 13.0. The molecule has 0 radical (unpaired) electrons. The molecule has 134 valence electrons. The topological polar surface area (TPSA) is 108 Å². The van der Waals surface area contributed by atoms with Crippen molar-refractivity contribution in [3.63, 3.8) is 0 Å². The maximum absolute atomic E-state index is 13.0. The number of fused-ring (bicyclic) bond motifs is 1. The van der Waals surface area contributed by atoms with Crippen molar-refractivity contribution in [2.24, 2.45) is 11.8 Å². The summed E-state index contributed by atoms with van der Waals surface area (Å²) >= 11 is 0. The molecule has 0 aromatic rings. The average Bonchev–Trinajstić information content (AvgIpc) is 3.14. The van der Waals surface area contributed by atoms with Gasteiger partial charge in [0, 0.05) is 19.6 Å². The minimum atomic E-state index is -0.965. The summed E-state index contributed by atoms with van der Waals surface area (Å²) in [6.45, 7) is 3.51. The number of amides is 3. The smallest absolute Gasteiger partial charge is 0.246 e. The summed E-state index contributed by atoms with van der Waals surface area (Å²) in [7, 11) is 1.54. The molecule has 3 fully saturated rings. The van der Waals surface area contributed by atoms with Crippen molar-refractivity contribution in [3.8, 4) is 0 Å². The van der Waals surface area contributed by atoms with Crippen molar-refractivity contribution in [1.29, 1.82) is 0 Å². The number of β-amino-alcohol motifs (C(OH)–C–C–N with tert-alkyl or cyclic N) is 1. The molecule has 3 aliphatic heterocycles. The van der Waals surface area contributed by atoms with Gasteiger partial charge in [-0.1, -0.05) is 0 Å². The summed E-state index contributed by atoms with van der Waals surface area (Å²) in [6, 6.07) is -0.878. The first-order chi connectivity index (χ1) is 11.4. The van der Waals surface area contributed by atoms with E-state index in [0.717, 1.165) is 0 Å². The van der Waals surface area contributed by atoms with Crippen LogP contribution in [0, 0.1) is 11.8 Å². The van der Waals surface area contributed by atoms with Crippen molar-refractivity contribution < 1.29 is 24.2 Å². The highest BCUT2D eigenvalue weighted by molar-refractivity contribution is 5.98. The lowest BCUT2D eigenvalue weighted by molar-refractivity contribution is -0.142. The number of hydrogen-bond acceptors (Lipinski definition) is 5. The molecule has 3 heterocycles. The lowest BCUT2D eigenvalue weighted by Crippen LogP contribution is -2.56. The predicted octanol–water partition coefficient (Wildman–Crippen LogP) is -1.38. The van der Waals surface area contributed by atoms with Crippen LogP contribution in [0.5, 0.6) is 0 Å². The second-order valence-corrected chi connectivity index (χ2v) is 7.09. The van der Waals surface area contributed by atoms with Gasteiger partial charge in [-0.05, 0) is 26.7 Å². The van der Waals surface area contributed by atoms with Gasteiger partial charge >= 0.3 is 0 Å². The van der Waals surface area contributed by atoms with Crippen LogP contribution in [0.15, 0.2) is 0 Å². The highest BCUT2D eigenvalue weighted by Crippen LogP contribution is 2.58. The van der Waals surface area contributed by atoms with E-state index in [1.54, 1.807) is 0 Å². The van der Waals surface area contributed by atoms with E-state index < -0.39 is 23.5 Å². The largest absolute Gasteiger partial charge is 0.395 e. The Balaban J connectivity index is 2.00. The van der Waals surface area contributed by atoms with E-state index in [0.29, 0.717) is 12.8 Å². The van der Waals surface area contributed by atoms with Crippen LogP contribution in [0.3, 0.4) is 0 Å². The third-order valence-corrected chi connectivity index (χ3v) is 5.37. The SMILES string of the molecule is CNC(=O)[C@@H]1[C@H]2C(=O)N(CCO)C(C(=O)NC(C)C)C23CC[C@H]1O3. The van der Waals surface area contributed by atoms with Gasteiger partial charge in [-0.2, -0.15) is 0 Å². The maximum Gasteiger partial charge on any atom is 0.246 e. The van der Waals surface area contributed by atoms with Gasteiger partial charge in [0.05, 0.1) is 24.5 Å². The van der Waals surface area contributed by atoms with Crippen molar-refractivity contribution in [3.05, 3.63) is 0 Å². The van der Waals surface area contributed by atoms with E-state index in [2.05, 4.69) is 10.6 Å². The Morgan fingerprint density at radius 1 is 1.42 bits per heavy atom. The molecule has 24 heavy (non-hydrogen) atoms. The molecule has 1 spiro atoms. The van der Waals surface area contributed by atoms with E-state index >= 15 is 0 Å². The molecule has 5 atom stereocenters. The highest BCUT2D eigenvalue weighted by Gasteiger charge is 2.74. The second-order valence-electron chi connectivity index (χ2n) is 7.09. The molecule has 0 aromatic carbocycles. The molecule has 8 heteroatoms. The van der Waals surface area contributed by atoms with Crippen LogP contribution >= 0.6 is 0 Å². The fourth-order valence-corrected chi connectivity index (χ4v) is 4.63. The van der Waals surface area contributed by atoms with E-state index in [-0.39, 0.29) is 43.0 Å². The Bertz CT molecular complexity index is 566. The molecule has 3 rings (SSSR count). The Morgan fingerprint density at radius 3 is 2.71 bits per heavy atom. The molecule has 0 saturated carbocycles. The first kappa shape index (κ1) is 17.2. The molecule has 8 nitrogen and oxygen atoms in total. The third kappa shape index (κ3) is 2.23. The van der Waals surface area contributed by atoms with E-state index in [9.17, 15) is 19.5 Å². The van der Waals surface area contributed by atoms with Crippen LogP contribution in [0.2, 0.25) is 0 Å². The monoisotopic (exact) mass is 339 g/mol. The Kier molecular flexibility index (Phi) is 4.29. The van der Waals surface area contributed by atoms with Crippen LogP contribution in [0.4, 0.5) is 0 Å². The molecule has 0 aliphatic carbocycles. The molecule has 3 amide bonds. The Hall–Kier alpha value is -1.67. The van der Waals surface area contributed by atoms with E-state index in [4.69, 9.17) is 4.74 Å². The summed E-state index contributed by atoms with van der Waals surface area (Å²) < 4.78 is 6.12. The van der Waals surface area contributed by atoms with Gasteiger partial charge in [0.2, 0.25) is 17.7 Å². The number of aliphatic hydroxyl groups is 1. The number of aliphatic hydroxyl groups excluding tert-OH is 1. The molecule has 3 aliphatic rings. The number of nitrogens with zero attached hydrogens (tertiary/aromatic N) is 1. The van der Waals surface area contributed by atoms with Gasteiger partial charge in [0.1, 0.15) is 11.6 Å². The van der Waals surface area contributed by atoms with Crippen molar-refractivity contribution in [1.82, 2.24) is 15.5 Å². The molecule has 0 aromatic heterocycles. The quantitative estimate of drug-likeness (QED) is 0.572. The standard InChI is InChI=1S/C16H25N3O5/c1-8(2)18-14(22)12-16-5-4-9(24-16)10(13(21)17-3)11(16)15(23)19(12)6-7-20/h8-12,20H,4-7H2,1-3H3,(H,17,21)(H,18,22)/t9-,10+,11+,12?,16?/m1/s1. The summed E-state index contributed by atoms with van der Waals surface area (Å²) in [4.78, 5) is 39.4. The average molecular weight is 339 g/mol. The first-order valence-corrected chi connectivity index (χ1v) is 8.48. The first-order valence-electron chi connectivity index (χ1n) is 8.48. The zero-order valence-electron chi connectivity index (χ0n) is 14.2. The minimum absolute atomic E-state index is 0.0573. The zero-order chi connectivity index (χ0) is 17.6. The van der Waals surface area contributed by atoms with Crippen molar-refractivity contribution in [2.45, 2.75) is 50.5 Å². The number of hydrogen-bond donors (Lipinski definition) is 3. The fraction of sp³-hybridized carbons (Fsp3) is 0.812.